The molecule has 0 bridgehead atoms. The van der Waals surface area contributed by atoms with Gasteiger partial charge < -0.3 is 9.94 Å². The van der Waals surface area contributed by atoms with E-state index in [0.29, 0.717) is 0 Å². The molecular formula is C4H6BrNO4. The van der Waals surface area contributed by atoms with Crippen molar-refractivity contribution in [3.05, 3.63) is 0 Å². The second-order valence-corrected chi connectivity index (χ2v) is 2.61. The van der Waals surface area contributed by atoms with Gasteiger partial charge in [0.1, 0.15) is 4.83 Å². The molecule has 0 heterocycles. The van der Waals surface area contributed by atoms with Crippen LogP contribution in [0.2, 0.25) is 0 Å². The maximum atomic E-state index is 10.3. The van der Waals surface area contributed by atoms with Crippen molar-refractivity contribution in [1.82, 2.24) is 0 Å². The van der Waals surface area contributed by atoms with Crippen molar-refractivity contribution in [2.24, 2.45) is 5.90 Å². The topological polar surface area (TPSA) is 89.6 Å². The minimum Gasteiger partial charge on any atom is -0.480 e. The largest absolute Gasteiger partial charge is 0.480 e. The Bertz CT molecular complexity index is 148. The van der Waals surface area contributed by atoms with Gasteiger partial charge in [0.15, 0.2) is 0 Å². The quantitative estimate of drug-likeness (QED) is 0.492. The summed E-state index contributed by atoms with van der Waals surface area (Å²) in [5.74, 6) is 2.58. The van der Waals surface area contributed by atoms with E-state index < -0.39 is 16.8 Å². The van der Waals surface area contributed by atoms with E-state index >= 15 is 0 Å². The molecule has 0 spiro atoms. The fraction of sp³-hybridized carbons (Fsp3) is 0.500. The molecule has 3 N–H and O–H groups in total. The number of halogens is 1. The first-order chi connectivity index (χ1) is 4.57. The molecule has 6 heteroatoms. The van der Waals surface area contributed by atoms with Gasteiger partial charge >= 0.3 is 11.9 Å². The van der Waals surface area contributed by atoms with Crippen LogP contribution in [-0.4, -0.2) is 21.9 Å². The third kappa shape index (κ3) is 3.41. The first kappa shape index (κ1) is 9.38. The molecule has 0 aliphatic heterocycles. The normalized spacial score (nSPS) is 12.2. The monoisotopic (exact) mass is 211 g/mol. The average molecular weight is 212 g/mol. The van der Waals surface area contributed by atoms with Crippen molar-refractivity contribution in [3.8, 4) is 0 Å². The SMILES string of the molecule is NOC(=O)C[C@@H](Br)C(=O)O. The maximum Gasteiger partial charge on any atom is 0.326 e. The van der Waals surface area contributed by atoms with E-state index in [4.69, 9.17) is 5.11 Å². The van der Waals surface area contributed by atoms with E-state index in [1.807, 2.05) is 0 Å². The summed E-state index contributed by atoms with van der Waals surface area (Å²) in [6, 6.07) is 0. The summed E-state index contributed by atoms with van der Waals surface area (Å²) in [5, 5.41) is 8.23. The summed E-state index contributed by atoms with van der Waals surface area (Å²) < 4.78 is 0. The van der Waals surface area contributed by atoms with Gasteiger partial charge in [-0.3, -0.25) is 9.59 Å². The zero-order valence-electron chi connectivity index (χ0n) is 4.91. The molecule has 1 atom stereocenters. The Morgan fingerprint density at radius 1 is 1.70 bits per heavy atom. The van der Waals surface area contributed by atoms with Crippen molar-refractivity contribution >= 4 is 27.9 Å². The lowest BCUT2D eigenvalue weighted by Gasteiger charge is -1.99. The molecule has 10 heavy (non-hydrogen) atoms. The van der Waals surface area contributed by atoms with Crippen LogP contribution in [0.1, 0.15) is 6.42 Å². The van der Waals surface area contributed by atoms with E-state index in [2.05, 4.69) is 26.7 Å². The van der Waals surface area contributed by atoms with E-state index in [0.717, 1.165) is 0 Å². The molecule has 0 aromatic heterocycles. The zero-order chi connectivity index (χ0) is 8.15. The number of carboxylic acids is 1. The first-order valence-electron chi connectivity index (χ1n) is 2.34. The Morgan fingerprint density at radius 3 is 2.50 bits per heavy atom. The van der Waals surface area contributed by atoms with Gasteiger partial charge in [-0.25, -0.2) is 0 Å². The Morgan fingerprint density at radius 2 is 2.20 bits per heavy atom. The van der Waals surface area contributed by atoms with E-state index in [-0.39, 0.29) is 6.42 Å². The average Bonchev–Trinajstić information content (AvgIpc) is 1.87. The summed E-state index contributed by atoms with van der Waals surface area (Å²) in [7, 11) is 0. The van der Waals surface area contributed by atoms with Crippen molar-refractivity contribution in [2.45, 2.75) is 11.2 Å². The molecule has 0 aliphatic rings. The van der Waals surface area contributed by atoms with Crippen LogP contribution in [0.4, 0.5) is 0 Å². The minimum atomic E-state index is -1.12. The number of alkyl halides is 1. The molecule has 0 saturated heterocycles. The van der Waals surface area contributed by atoms with Crippen LogP contribution >= 0.6 is 15.9 Å². The molecule has 0 aromatic carbocycles. The number of carbonyl (C=O) groups excluding carboxylic acids is 1. The molecule has 5 nitrogen and oxygen atoms in total. The first-order valence-corrected chi connectivity index (χ1v) is 3.26. The van der Waals surface area contributed by atoms with Crippen LogP contribution < -0.4 is 5.90 Å². The summed E-state index contributed by atoms with van der Waals surface area (Å²) in [5.41, 5.74) is 0. The van der Waals surface area contributed by atoms with Gasteiger partial charge in [0, 0.05) is 0 Å². The second kappa shape index (κ2) is 4.24. The number of hydrogen-bond donors (Lipinski definition) is 2. The molecule has 0 aromatic rings. The number of rotatable bonds is 3. The number of carbonyl (C=O) groups is 2. The summed E-state index contributed by atoms with van der Waals surface area (Å²) >= 11 is 2.73. The van der Waals surface area contributed by atoms with E-state index in [1.165, 1.54) is 0 Å². The van der Waals surface area contributed by atoms with Crippen LogP contribution in [0.15, 0.2) is 0 Å². The van der Waals surface area contributed by atoms with Crippen LogP contribution in [0, 0.1) is 0 Å². The van der Waals surface area contributed by atoms with Gasteiger partial charge in [0.25, 0.3) is 0 Å². The molecule has 0 fully saturated rings. The maximum absolute atomic E-state index is 10.3. The molecule has 0 radical (unpaired) electrons. The third-order valence-corrected chi connectivity index (χ3v) is 1.46. The Labute approximate surface area is 65.2 Å². The van der Waals surface area contributed by atoms with Crippen LogP contribution in [-0.2, 0) is 14.4 Å². The van der Waals surface area contributed by atoms with Gasteiger partial charge in [0.2, 0.25) is 0 Å². The molecule has 58 valence electrons. The van der Waals surface area contributed by atoms with Crippen molar-refractivity contribution < 1.29 is 19.5 Å². The van der Waals surface area contributed by atoms with E-state index in [1.54, 1.807) is 0 Å². The fourth-order valence-corrected chi connectivity index (χ4v) is 0.546. The third-order valence-electron chi connectivity index (χ3n) is 0.745. The zero-order valence-corrected chi connectivity index (χ0v) is 6.50. The standard InChI is InChI=1S/C4H6BrNO4/c5-2(4(8)9)1-3(7)10-6/h2H,1,6H2,(H,8,9)/t2-/m1/s1. The number of nitrogens with two attached hydrogens (primary N) is 1. The number of carboxylic acid groups (broad SMARTS) is 1. The van der Waals surface area contributed by atoms with Gasteiger partial charge in [0.05, 0.1) is 6.42 Å². The predicted molar refractivity (Wildman–Crippen MR) is 35.2 cm³/mol. The summed E-state index contributed by atoms with van der Waals surface area (Å²) in [4.78, 5) is 23.2. The van der Waals surface area contributed by atoms with E-state index in [9.17, 15) is 9.59 Å². The second-order valence-electron chi connectivity index (χ2n) is 1.50. The fourth-order valence-electron chi connectivity index (χ4n) is 0.282. The van der Waals surface area contributed by atoms with Gasteiger partial charge in [-0.1, -0.05) is 15.9 Å². The highest BCUT2D eigenvalue weighted by molar-refractivity contribution is 9.10. The van der Waals surface area contributed by atoms with Crippen molar-refractivity contribution in [1.29, 1.82) is 0 Å². The highest BCUT2D eigenvalue weighted by atomic mass is 79.9. The van der Waals surface area contributed by atoms with Gasteiger partial charge in [-0.05, 0) is 0 Å². The highest BCUT2D eigenvalue weighted by Gasteiger charge is 2.17. The lowest BCUT2D eigenvalue weighted by atomic mass is 10.3. The Balaban J connectivity index is 3.68. The van der Waals surface area contributed by atoms with Crippen LogP contribution in [0.25, 0.3) is 0 Å². The predicted octanol–water partition coefficient (Wildman–Crippen LogP) is -0.359. The molecule has 0 saturated carbocycles. The smallest absolute Gasteiger partial charge is 0.326 e. The lowest BCUT2D eigenvalue weighted by Crippen LogP contribution is -2.20. The van der Waals surface area contributed by atoms with Crippen molar-refractivity contribution in [3.63, 3.8) is 0 Å². The molecule has 0 rings (SSSR count). The number of hydrogen-bond acceptors (Lipinski definition) is 4. The summed E-state index contributed by atoms with van der Waals surface area (Å²) in [6.45, 7) is 0. The summed E-state index contributed by atoms with van der Waals surface area (Å²) in [6.07, 6.45) is -0.272. The highest BCUT2D eigenvalue weighted by Crippen LogP contribution is 2.04. The van der Waals surface area contributed by atoms with Crippen molar-refractivity contribution in [2.75, 3.05) is 0 Å². The Hall–Kier alpha value is -0.620. The van der Waals surface area contributed by atoms with Gasteiger partial charge in [-0.15, -0.1) is 0 Å². The molecule has 0 amide bonds. The Kier molecular flexibility index (Phi) is 3.97. The molecule has 0 aliphatic carbocycles. The molecular weight excluding hydrogens is 206 g/mol. The minimum absolute atomic E-state index is 0.272. The van der Waals surface area contributed by atoms with Gasteiger partial charge in [-0.2, -0.15) is 5.90 Å². The molecule has 0 unspecified atom stereocenters. The van der Waals surface area contributed by atoms with Crippen LogP contribution in [0.5, 0.6) is 0 Å². The van der Waals surface area contributed by atoms with Crippen LogP contribution in [0.3, 0.4) is 0 Å². The lowest BCUT2D eigenvalue weighted by molar-refractivity contribution is -0.147. The number of aliphatic carboxylic acids is 1.